The number of hydrogen-bond donors (Lipinski definition) is 2. The zero-order chi connectivity index (χ0) is 18.5. The van der Waals surface area contributed by atoms with Gasteiger partial charge in [-0.05, 0) is 42.8 Å². The number of nitrogen functional groups attached to an aromatic ring is 1. The number of fused-ring (bicyclic) bond motifs is 1. The highest BCUT2D eigenvalue weighted by Gasteiger charge is 2.09. The van der Waals surface area contributed by atoms with Crippen molar-refractivity contribution < 1.29 is 9.53 Å². The number of benzene rings is 2. The van der Waals surface area contributed by atoms with E-state index in [9.17, 15) is 4.79 Å². The molecule has 7 nitrogen and oxygen atoms in total. The molecular formula is C19H19N5O2. The average molecular weight is 349 g/mol. The first-order valence-electron chi connectivity index (χ1n) is 8.18. The molecule has 0 bridgehead atoms. The van der Waals surface area contributed by atoms with Gasteiger partial charge in [0.05, 0.1) is 22.7 Å². The summed E-state index contributed by atoms with van der Waals surface area (Å²) in [5.74, 6) is -0.415. The van der Waals surface area contributed by atoms with Crippen LogP contribution in [0, 0.1) is 11.3 Å². The molecule has 7 heteroatoms. The fourth-order valence-corrected chi connectivity index (χ4v) is 2.76. The molecule has 0 unspecified atom stereocenters. The van der Waals surface area contributed by atoms with E-state index in [1.807, 2.05) is 28.8 Å². The van der Waals surface area contributed by atoms with Crippen LogP contribution in [0.25, 0.3) is 11.0 Å². The number of ether oxygens (including phenoxy) is 1. The Kier molecular flexibility index (Phi) is 5.15. The highest BCUT2D eigenvalue weighted by atomic mass is 16.5. The number of nitriles is 1. The van der Waals surface area contributed by atoms with Crippen molar-refractivity contribution in [2.45, 2.75) is 13.0 Å². The highest BCUT2D eigenvalue weighted by molar-refractivity contribution is 5.95. The summed E-state index contributed by atoms with van der Waals surface area (Å²) in [6.45, 7) is 1.24. The molecule has 3 N–H and O–H groups in total. The maximum Gasteiger partial charge on any atom is 0.280 e. The largest absolute Gasteiger partial charge is 0.399 e. The number of H-pyrrole nitrogens is 1. The number of methoxy groups -OCH3 is 1. The Morgan fingerprint density at radius 1 is 1.35 bits per heavy atom. The maximum atomic E-state index is 12.5. The molecule has 1 aromatic heterocycles. The molecule has 0 spiro atoms. The number of aromatic amines is 1. The smallest absolute Gasteiger partial charge is 0.280 e. The predicted octanol–water partition coefficient (Wildman–Crippen LogP) is 2.20. The molecule has 0 radical (unpaired) electrons. The number of imidazole rings is 1. The molecule has 2 aromatic carbocycles. The molecule has 0 aliphatic rings. The van der Waals surface area contributed by atoms with Crippen molar-refractivity contribution in [2.24, 2.45) is 4.99 Å². The standard InChI is InChI=1S/C19H19N5O2/c1-26-9-3-8-24-17-7-6-15(21)11-16(17)22-19(24)23-18(25)14-5-2-4-13(10-14)12-20/h2,4-7,10-11H,3,8-9,21H2,1H3,(H,22,23,25). The Morgan fingerprint density at radius 2 is 2.19 bits per heavy atom. The molecular weight excluding hydrogens is 330 g/mol. The van der Waals surface area contributed by atoms with Gasteiger partial charge in [-0.25, -0.2) is 0 Å². The van der Waals surface area contributed by atoms with Crippen molar-refractivity contribution in [1.82, 2.24) is 9.55 Å². The van der Waals surface area contributed by atoms with Crippen LogP contribution in [0.15, 0.2) is 47.5 Å². The number of nitrogens with one attached hydrogen (secondary N) is 1. The van der Waals surface area contributed by atoms with Gasteiger partial charge in [-0.1, -0.05) is 6.07 Å². The Labute approximate surface area is 150 Å². The summed E-state index contributed by atoms with van der Waals surface area (Å²) >= 11 is 0. The first kappa shape index (κ1) is 17.5. The zero-order valence-corrected chi connectivity index (χ0v) is 14.4. The van der Waals surface area contributed by atoms with Crippen LogP contribution in [-0.4, -0.2) is 29.2 Å². The minimum Gasteiger partial charge on any atom is -0.399 e. The number of carbonyl (C=O) groups excluding carboxylic acids is 1. The summed E-state index contributed by atoms with van der Waals surface area (Å²) < 4.78 is 7.05. The van der Waals surface area contributed by atoms with Crippen LogP contribution in [0.4, 0.5) is 5.69 Å². The molecule has 3 rings (SSSR count). The second kappa shape index (κ2) is 7.68. The van der Waals surface area contributed by atoms with Crippen LogP contribution in [0.3, 0.4) is 0 Å². The molecule has 0 aliphatic carbocycles. The first-order chi connectivity index (χ1) is 12.6. The number of anilines is 1. The van der Waals surface area contributed by atoms with Crippen LogP contribution in [0.1, 0.15) is 22.3 Å². The summed E-state index contributed by atoms with van der Waals surface area (Å²) in [6, 6.07) is 14.0. The number of aryl methyl sites for hydroxylation is 1. The van der Waals surface area contributed by atoms with Crippen LogP contribution < -0.4 is 11.4 Å². The quantitative estimate of drug-likeness (QED) is 0.543. The zero-order valence-electron chi connectivity index (χ0n) is 14.4. The first-order valence-corrected chi connectivity index (χ1v) is 8.18. The number of amides is 1. The lowest BCUT2D eigenvalue weighted by Crippen LogP contribution is -2.21. The van der Waals surface area contributed by atoms with Crippen LogP contribution in [-0.2, 0) is 11.3 Å². The molecule has 0 fully saturated rings. The minimum absolute atomic E-state index is 0.366. The number of nitrogens with two attached hydrogens (primary N) is 1. The molecule has 0 saturated heterocycles. The number of rotatable bonds is 5. The van der Waals surface area contributed by atoms with Gasteiger partial charge in [-0.2, -0.15) is 10.3 Å². The van der Waals surface area contributed by atoms with Crippen molar-refractivity contribution in [3.05, 3.63) is 59.2 Å². The molecule has 26 heavy (non-hydrogen) atoms. The van der Waals surface area contributed by atoms with Crippen molar-refractivity contribution in [1.29, 1.82) is 5.26 Å². The van der Waals surface area contributed by atoms with Gasteiger partial charge in [-0.15, -0.1) is 0 Å². The number of hydrogen-bond acceptors (Lipinski definition) is 4. The summed E-state index contributed by atoms with van der Waals surface area (Å²) in [5.41, 5.74) is 9.42. The fraction of sp³-hybridized carbons (Fsp3) is 0.211. The molecule has 3 aromatic rings. The molecule has 132 valence electrons. The monoisotopic (exact) mass is 349 g/mol. The average Bonchev–Trinajstić information content (AvgIpc) is 2.98. The summed E-state index contributed by atoms with van der Waals surface area (Å²) in [6.07, 6.45) is 0.777. The SMILES string of the molecule is COCCCn1/c(=N/C(=O)c2cccc(C#N)c2)[nH]c2cc(N)ccc21. The Bertz CT molecular complexity index is 1060. The van der Waals surface area contributed by atoms with Gasteiger partial charge in [0.25, 0.3) is 5.91 Å². The van der Waals surface area contributed by atoms with E-state index in [-0.39, 0.29) is 0 Å². The second-order valence-electron chi connectivity index (χ2n) is 5.83. The van der Waals surface area contributed by atoms with Gasteiger partial charge in [0.15, 0.2) is 0 Å². The third-order valence-corrected chi connectivity index (χ3v) is 3.99. The number of aromatic nitrogens is 2. The Morgan fingerprint density at radius 3 is 2.96 bits per heavy atom. The fourth-order valence-electron chi connectivity index (χ4n) is 2.76. The summed E-state index contributed by atoms with van der Waals surface area (Å²) in [5, 5.41) is 8.99. The van der Waals surface area contributed by atoms with E-state index in [1.54, 1.807) is 25.3 Å². The number of nitrogens with zero attached hydrogens (tertiary/aromatic N) is 3. The highest BCUT2D eigenvalue weighted by Crippen LogP contribution is 2.14. The minimum atomic E-state index is -0.415. The lowest BCUT2D eigenvalue weighted by Gasteiger charge is -2.04. The van der Waals surface area contributed by atoms with Crippen LogP contribution in [0.5, 0.6) is 0 Å². The van der Waals surface area contributed by atoms with E-state index >= 15 is 0 Å². The Hall–Kier alpha value is -3.37. The lowest BCUT2D eigenvalue weighted by atomic mass is 10.1. The maximum absolute atomic E-state index is 12.5. The summed E-state index contributed by atoms with van der Waals surface area (Å²) in [7, 11) is 1.65. The van der Waals surface area contributed by atoms with Gasteiger partial charge in [-0.3, -0.25) is 4.79 Å². The molecule has 0 aliphatic heterocycles. The normalized spacial score (nSPS) is 11.6. The number of carbonyl (C=O) groups is 1. The second-order valence-corrected chi connectivity index (χ2v) is 5.83. The van der Waals surface area contributed by atoms with Gasteiger partial charge in [0, 0.05) is 31.5 Å². The lowest BCUT2D eigenvalue weighted by molar-refractivity contribution is 0.0996. The van der Waals surface area contributed by atoms with Crippen molar-refractivity contribution >= 4 is 22.6 Å². The molecule has 1 amide bonds. The van der Waals surface area contributed by atoms with E-state index in [2.05, 4.69) is 9.98 Å². The topological polar surface area (TPSA) is 109 Å². The van der Waals surface area contributed by atoms with E-state index in [4.69, 9.17) is 15.7 Å². The Balaban J connectivity index is 2.06. The third kappa shape index (κ3) is 3.66. The molecule has 1 heterocycles. The van der Waals surface area contributed by atoms with E-state index in [0.717, 1.165) is 17.5 Å². The summed E-state index contributed by atoms with van der Waals surface area (Å²) in [4.78, 5) is 19.9. The molecule has 0 saturated carbocycles. The third-order valence-electron chi connectivity index (χ3n) is 3.99. The van der Waals surface area contributed by atoms with Gasteiger partial charge in [0.1, 0.15) is 0 Å². The predicted molar refractivity (Wildman–Crippen MR) is 98.2 cm³/mol. The van der Waals surface area contributed by atoms with Crippen molar-refractivity contribution in [3.63, 3.8) is 0 Å². The van der Waals surface area contributed by atoms with E-state index < -0.39 is 5.91 Å². The van der Waals surface area contributed by atoms with Gasteiger partial charge in [0.2, 0.25) is 5.62 Å². The van der Waals surface area contributed by atoms with Gasteiger partial charge >= 0.3 is 0 Å². The van der Waals surface area contributed by atoms with Crippen molar-refractivity contribution in [2.75, 3.05) is 19.5 Å². The van der Waals surface area contributed by atoms with E-state index in [1.165, 1.54) is 6.07 Å². The van der Waals surface area contributed by atoms with Gasteiger partial charge < -0.3 is 20.0 Å². The molecule has 0 atom stereocenters. The van der Waals surface area contributed by atoms with Crippen LogP contribution in [0.2, 0.25) is 0 Å². The van der Waals surface area contributed by atoms with Crippen molar-refractivity contribution in [3.8, 4) is 6.07 Å². The van der Waals surface area contributed by atoms with Crippen LogP contribution >= 0.6 is 0 Å². The van der Waals surface area contributed by atoms with E-state index in [0.29, 0.717) is 35.6 Å².